The molecule has 0 saturated carbocycles. The molecule has 0 aliphatic rings. The second-order valence-corrected chi connectivity index (χ2v) is 2.73. The zero-order valence-electron chi connectivity index (χ0n) is 7.17. The highest BCUT2D eigenvalue weighted by molar-refractivity contribution is 5.03. The standard InChI is InChI=1S/C8H15N3/c1-9-5-3-4-8-6-10-11(2)7-8/h6-7,9H,3-5H2,1-2H3. The lowest BCUT2D eigenvalue weighted by atomic mass is 10.2. The van der Waals surface area contributed by atoms with E-state index >= 15 is 0 Å². The molecule has 0 spiro atoms. The van der Waals surface area contributed by atoms with Crippen molar-refractivity contribution in [1.29, 1.82) is 0 Å². The molecule has 1 aromatic heterocycles. The fraction of sp³-hybridized carbons (Fsp3) is 0.625. The summed E-state index contributed by atoms with van der Waals surface area (Å²) in [5.74, 6) is 0. The third kappa shape index (κ3) is 2.72. The van der Waals surface area contributed by atoms with E-state index in [1.54, 1.807) is 0 Å². The molecule has 0 aliphatic carbocycles. The van der Waals surface area contributed by atoms with E-state index in [1.807, 2.05) is 25.0 Å². The normalized spacial score (nSPS) is 10.4. The summed E-state index contributed by atoms with van der Waals surface area (Å²) >= 11 is 0. The van der Waals surface area contributed by atoms with E-state index in [-0.39, 0.29) is 0 Å². The van der Waals surface area contributed by atoms with Gasteiger partial charge in [0.05, 0.1) is 6.20 Å². The quantitative estimate of drug-likeness (QED) is 0.641. The summed E-state index contributed by atoms with van der Waals surface area (Å²) in [5, 5.41) is 7.21. The maximum Gasteiger partial charge on any atom is 0.0521 e. The van der Waals surface area contributed by atoms with Crippen LogP contribution in [0.4, 0.5) is 0 Å². The van der Waals surface area contributed by atoms with Gasteiger partial charge in [0.1, 0.15) is 0 Å². The van der Waals surface area contributed by atoms with Crippen LogP contribution in [0.5, 0.6) is 0 Å². The summed E-state index contributed by atoms with van der Waals surface area (Å²) in [7, 11) is 3.92. The van der Waals surface area contributed by atoms with E-state index in [2.05, 4.69) is 16.6 Å². The van der Waals surface area contributed by atoms with Gasteiger partial charge in [0.25, 0.3) is 0 Å². The van der Waals surface area contributed by atoms with Crippen LogP contribution in [0.25, 0.3) is 0 Å². The summed E-state index contributed by atoms with van der Waals surface area (Å²) < 4.78 is 1.84. The highest BCUT2D eigenvalue weighted by Crippen LogP contribution is 1.99. The molecular formula is C8H15N3. The Labute approximate surface area is 67.4 Å². The van der Waals surface area contributed by atoms with Crippen LogP contribution in [-0.2, 0) is 13.5 Å². The molecule has 1 N–H and O–H groups in total. The Morgan fingerprint density at radius 1 is 1.64 bits per heavy atom. The average Bonchev–Trinajstić information content (AvgIpc) is 2.37. The van der Waals surface area contributed by atoms with E-state index in [0.717, 1.165) is 13.0 Å². The zero-order chi connectivity index (χ0) is 8.10. The molecule has 0 saturated heterocycles. The molecule has 0 amide bonds. The Hall–Kier alpha value is -0.830. The molecule has 0 bridgehead atoms. The predicted octanol–water partition coefficient (Wildman–Crippen LogP) is 0.572. The molecule has 0 fully saturated rings. The number of hydrogen-bond acceptors (Lipinski definition) is 2. The van der Waals surface area contributed by atoms with E-state index in [1.165, 1.54) is 12.0 Å². The molecule has 3 nitrogen and oxygen atoms in total. The summed E-state index contributed by atoms with van der Waals surface area (Å²) in [5.41, 5.74) is 1.32. The van der Waals surface area contributed by atoms with Gasteiger partial charge in [0, 0.05) is 13.2 Å². The van der Waals surface area contributed by atoms with Gasteiger partial charge in [-0.05, 0) is 32.0 Å². The first kappa shape index (κ1) is 8.27. The van der Waals surface area contributed by atoms with Crippen molar-refractivity contribution in [3.05, 3.63) is 18.0 Å². The van der Waals surface area contributed by atoms with Crippen molar-refractivity contribution in [2.75, 3.05) is 13.6 Å². The minimum atomic E-state index is 1.08. The van der Waals surface area contributed by atoms with Crippen LogP contribution < -0.4 is 5.32 Å². The van der Waals surface area contributed by atoms with Crippen molar-refractivity contribution in [2.45, 2.75) is 12.8 Å². The number of nitrogens with one attached hydrogen (secondary N) is 1. The summed E-state index contributed by atoms with van der Waals surface area (Å²) in [6.07, 6.45) is 6.29. The molecule has 0 aliphatic heterocycles. The first-order chi connectivity index (χ1) is 5.33. The van der Waals surface area contributed by atoms with Crippen LogP contribution in [0.3, 0.4) is 0 Å². The predicted molar refractivity (Wildman–Crippen MR) is 45.5 cm³/mol. The van der Waals surface area contributed by atoms with Crippen molar-refractivity contribution in [2.24, 2.45) is 7.05 Å². The largest absolute Gasteiger partial charge is 0.320 e. The molecule has 0 unspecified atom stereocenters. The van der Waals surface area contributed by atoms with E-state index in [9.17, 15) is 0 Å². The maximum atomic E-state index is 4.09. The number of rotatable bonds is 4. The molecule has 0 radical (unpaired) electrons. The van der Waals surface area contributed by atoms with Gasteiger partial charge >= 0.3 is 0 Å². The van der Waals surface area contributed by atoms with Crippen molar-refractivity contribution < 1.29 is 0 Å². The van der Waals surface area contributed by atoms with Crippen molar-refractivity contribution in [1.82, 2.24) is 15.1 Å². The van der Waals surface area contributed by atoms with Crippen LogP contribution in [-0.4, -0.2) is 23.4 Å². The molecule has 3 heteroatoms. The Morgan fingerprint density at radius 2 is 2.45 bits per heavy atom. The lowest BCUT2D eigenvalue weighted by Crippen LogP contribution is -2.08. The van der Waals surface area contributed by atoms with Crippen LogP contribution in [0.15, 0.2) is 12.4 Å². The summed E-state index contributed by atoms with van der Waals surface area (Å²) in [4.78, 5) is 0. The molecule has 0 atom stereocenters. The Kier molecular flexibility index (Phi) is 3.11. The number of aryl methyl sites for hydroxylation is 2. The van der Waals surface area contributed by atoms with Crippen molar-refractivity contribution in [3.8, 4) is 0 Å². The third-order valence-corrected chi connectivity index (χ3v) is 1.65. The minimum Gasteiger partial charge on any atom is -0.320 e. The topological polar surface area (TPSA) is 29.9 Å². The lowest BCUT2D eigenvalue weighted by Gasteiger charge is -1.95. The number of hydrogen-bond donors (Lipinski definition) is 1. The maximum absolute atomic E-state index is 4.09. The molecule has 1 rings (SSSR count). The van der Waals surface area contributed by atoms with Crippen LogP contribution >= 0.6 is 0 Å². The van der Waals surface area contributed by atoms with Gasteiger partial charge in [-0.2, -0.15) is 5.10 Å². The fourth-order valence-electron chi connectivity index (χ4n) is 1.07. The Bertz CT molecular complexity index is 205. The smallest absolute Gasteiger partial charge is 0.0521 e. The minimum absolute atomic E-state index is 1.08. The van der Waals surface area contributed by atoms with Gasteiger partial charge in [-0.25, -0.2) is 0 Å². The highest BCUT2D eigenvalue weighted by Gasteiger charge is 1.93. The number of nitrogens with zero attached hydrogens (tertiary/aromatic N) is 2. The molecule has 0 aromatic carbocycles. The van der Waals surface area contributed by atoms with E-state index in [0.29, 0.717) is 0 Å². The molecule has 1 heterocycles. The molecule has 1 aromatic rings. The van der Waals surface area contributed by atoms with Crippen molar-refractivity contribution >= 4 is 0 Å². The van der Waals surface area contributed by atoms with Gasteiger partial charge in [0.15, 0.2) is 0 Å². The Morgan fingerprint density at radius 3 is 3.00 bits per heavy atom. The average molecular weight is 153 g/mol. The second-order valence-electron chi connectivity index (χ2n) is 2.73. The third-order valence-electron chi connectivity index (χ3n) is 1.65. The zero-order valence-corrected chi connectivity index (χ0v) is 7.17. The van der Waals surface area contributed by atoms with Gasteiger partial charge in [-0.1, -0.05) is 0 Å². The van der Waals surface area contributed by atoms with Gasteiger partial charge in [0.2, 0.25) is 0 Å². The Balaban J connectivity index is 2.27. The second kappa shape index (κ2) is 4.13. The number of aromatic nitrogens is 2. The first-order valence-electron chi connectivity index (χ1n) is 3.95. The molecular weight excluding hydrogens is 138 g/mol. The van der Waals surface area contributed by atoms with Gasteiger partial charge in [-0.15, -0.1) is 0 Å². The van der Waals surface area contributed by atoms with Crippen LogP contribution in [0, 0.1) is 0 Å². The fourth-order valence-corrected chi connectivity index (χ4v) is 1.07. The highest BCUT2D eigenvalue weighted by atomic mass is 15.2. The van der Waals surface area contributed by atoms with Gasteiger partial charge < -0.3 is 5.32 Å². The van der Waals surface area contributed by atoms with E-state index in [4.69, 9.17) is 0 Å². The lowest BCUT2D eigenvalue weighted by molar-refractivity contribution is 0.723. The SMILES string of the molecule is CNCCCc1cnn(C)c1. The summed E-state index contributed by atoms with van der Waals surface area (Å²) in [6.45, 7) is 1.08. The van der Waals surface area contributed by atoms with Crippen LogP contribution in [0.1, 0.15) is 12.0 Å². The molecule has 62 valence electrons. The first-order valence-corrected chi connectivity index (χ1v) is 3.95. The summed E-state index contributed by atoms with van der Waals surface area (Å²) in [6, 6.07) is 0. The van der Waals surface area contributed by atoms with Crippen molar-refractivity contribution in [3.63, 3.8) is 0 Å². The molecule has 11 heavy (non-hydrogen) atoms. The van der Waals surface area contributed by atoms with Crippen LogP contribution in [0.2, 0.25) is 0 Å². The van der Waals surface area contributed by atoms with Gasteiger partial charge in [-0.3, -0.25) is 4.68 Å². The monoisotopic (exact) mass is 153 g/mol. The van der Waals surface area contributed by atoms with E-state index < -0.39 is 0 Å².